The first-order valence-electron chi connectivity index (χ1n) is 4.30. The number of carbonyl (C=O) groups is 1. The van der Waals surface area contributed by atoms with E-state index in [9.17, 15) is 4.79 Å². The molecular formula is C10H8N2O3. The van der Waals surface area contributed by atoms with Gasteiger partial charge in [0.2, 0.25) is 0 Å². The maximum atomic E-state index is 10.8. The molecule has 0 atom stereocenters. The van der Waals surface area contributed by atoms with Crippen molar-refractivity contribution in [1.82, 2.24) is 10.1 Å². The molecule has 76 valence electrons. The van der Waals surface area contributed by atoms with Crippen LogP contribution in [-0.4, -0.2) is 21.2 Å². The minimum Gasteiger partial charge on any atom is -0.477 e. The van der Waals surface area contributed by atoms with Crippen LogP contribution in [0.3, 0.4) is 0 Å². The van der Waals surface area contributed by atoms with Crippen LogP contribution in [0.25, 0.3) is 11.3 Å². The van der Waals surface area contributed by atoms with Crippen LogP contribution in [0.5, 0.6) is 0 Å². The summed E-state index contributed by atoms with van der Waals surface area (Å²) >= 11 is 0. The van der Waals surface area contributed by atoms with Gasteiger partial charge in [-0.3, -0.25) is 4.98 Å². The van der Waals surface area contributed by atoms with Crippen LogP contribution in [0.4, 0.5) is 0 Å². The number of hydrogen-bond donors (Lipinski definition) is 1. The van der Waals surface area contributed by atoms with E-state index in [-0.39, 0.29) is 11.3 Å². The Balaban J connectivity index is 2.59. The van der Waals surface area contributed by atoms with E-state index in [4.69, 9.17) is 9.63 Å². The molecule has 0 radical (unpaired) electrons. The van der Waals surface area contributed by atoms with Crippen LogP contribution in [0.1, 0.15) is 16.1 Å². The van der Waals surface area contributed by atoms with Gasteiger partial charge in [-0.2, -0.15) is 0 Å². The molecule has 0 bridgehead atoms. The van der Waals surface area contributed by atoms with Crippen LogP contribution < -0.4 is 0 Å². The van der Waals surface area contributed by atoms with Gasteiger partial charge in [-0.15, -0.1) is 0 Å². The zero-order valence-electron chi connectivity index (χ0n) is 7.97. The summed E-state index contributed by atoms with van der Waals surface area (Å²) in [6.07, 6.45) is 2.82. The van der Waals surface area contributed by atoms with Gasteiger partial charge in [-0.25, -0.2) is 4.79 Å². The molecule has 0 spiro atoms. The predicted octanol–water partition coefficient (Wildman–Crippen LogP) is 1.74. The quantitative estimate of drug-likeness (QED) is 0.806. The van der Waals surface area contributed by atoms with E-state index < -0.39 is 5.97 Å². The van der Waals surface area contributed by atoms with Crippen LogP contribution in [0.15, 0.2) is 29.0 Å². The number of nitrogens with zero attached hydrogens (tertiary/aromatic N) is 2. The van der Waals surface area contributed by atoms with Crippen molar-refractivity contribution in [3.63, 3.8) is 0 Å². The Bertz CT molecular complexity index is 505. The summed E-state index contributed by atoms with van der Waals surface area (Å²) in [4.78, 5) is 14.9. The van der Waals surface area contributed by atoms with Gasteiger partial charge in [0, 0.05) is 17.5 Å². The molecule has 5 heteroatoms. The number of aromatic nitrogens is 2. The second kappa shape index (κ2) is 3.53. The molecule has 0 aromatic carbocycles. The van der Waals surface area contributed by atoms with Crippen LogP contribution in [-0.2, 0) is 0 Å². The number of carboxylic acid groups (broad SMARTS) is 1. The Hall–Kier alpha value is -2.17. The topological polar surface area (TPSA) is 76.2 Å². The molecule has 0 aliphatic heterocycles. The monoisotopic (exact) mass is 204 g/mol. The van der Waals surface area contributed by atoms with Crippen molar-refractivity contribution in [1.29, 1.82) is 0 Å². The lowest BCUT2D eigenvalue weighted by molar-refractivity contribution is 0.0697. The Morgan fingerprint density at radius 1 is 1.53 bits per heavy atom. The highest BCUT2D eigenvalue weighted by molar-refractivity contribution is 5.94. The third-order valence-corrected chi connectivity index (χ3v) is 2.05. The van der Waals surface area contributed by atoms with Crippen molar-refractivity contribution in [2.24, 2.45) is 0 Å². The van der Waals surface area contributed by atoms with E-state index in [1.165, 1.54) is 6.20 Å². The standard InChI is InChI=1S/C10H8N2O3/c1-6-7(3-2-4-11-6)9-8(10(13)14)5-12-15-9/h2-5H,1H3,(H,13,14). The molecule has 5 nitrogen and oxygen atoms in total. The Kier molecular flexibility index (Phi) is 2.21. The van der Waals surface area contributed by atoms with Gasteiger partial charge in [0.05, 0.1) is 6.20 Å². The van der Waals surface area contributed by atoms with E-state index in [1.54, 1.807) is 25.3 Å². The highest BCUT2D eigenvalue weighted by Crippen LogP contribution is 2.25. The molecule has 0 unspecified atom stereocenters. The molecule has 0 aliphatic rings. The first-order valence-corrected chi connectivity index (χ1v) is 4.30. The molecule has 2 heterocycles. The van der Waals surface area contributed by atoms with Gasteiger partial charge in [-0.05, 0) is 19.1 Å². The summed E-state index contributed by atoms with van der Waals surface area (Å²) in [5.74, 6) is -0.817. The smallest absolute Gasteiger partial charge is 0.341 e. The van der Waals surface area contributed by atoms with Gasteiger partial charge in [0.1, 0.15) is 5.56 Å². The zero-order valence-corrected chi connectivity index (χ0v) is 7.97. The van der Waals surface area contributed by atoms with Gasteiger partial charge in [0.15, 0.2) is 5.76 Å². The first-order chi connectivity index (χ1) is 7.20. The van der Waals surface area contributed by atoms with Crippen LogP contribution in [0.2, 0.25) is 0 Å². The number of aromatic carboxylic acids is 1. The second-order valence-corrected chi connectivity index (χ2v) is 3.01. The van der Waals surface area contributed by atoms with E-state index in [1.807, 2.05) is 0 Å². The third-order valence-electron chi connectivity index (χ3n) is 2.05. The average Bonchev–Trinajstić information content (AvgIpc) is 2.67. The van der Waals surface area contributed by atoms with Crippen molar-refractivity contribution in [3.05, 3.63) is 35.8 Å². The maximum absolute atomic E-state index is 10.8. The molecule has 0 saturated heterocycles. The fourth-order valence-electron chi connectivity index (χ4n) is 1.31. The summed E-state index contributed by atoms with van der Waals surface area (Å²) in [5.41, 5.74) is 1.40. The highest BCUT2D eigenvalue weighted by Gasteiger charge is 2.18. The van der Waals surface area contributed by atoms with E-state index in [0.29, 0.717) is 11.3 Å². The molecule has 2 rings (SSSR count). The van der Waals surface area contributed by atoms with Crippen LogP contribution in [0, 0.1) is 6.92 Å². The summed E-state index contributed by atoms with van der Waals surface area (Å²) in [5, 5.41) is 12.4. The Morgan fingerprint density at radius 3 is 3.00 bits per heavy atom. The van der Waals surface area contributed by atoms with E-state index >= 15 is 0 Å². The summed E-state index contributed by atoms with van der Waals surface area (Å²) in [7, 11) is 0. The van der Waals surface area contributed by atoms with Crippen molar-refractivity contribution < 1.29 is 14.4 Å². The SMILES string of the molecule is Cc1ncccc1-c1oncc1C(=O)O. The lowest BCUT2D eigenvalue weighted by atomic mass is 10.1. The molecular weight excluding hydrogens is 196 g/mol. The number of aryl methyl sites for hydroxylation is 1. The fraction of sp³-hybridized carbons (Fsp3) is 0.100. The largest absolute Gasteiger partial charge is 0.477 e. The highest BCUT2D eigenvalue weighted by atomic mass is 16.5. The first kappa shape index (κ1) is 9.39. The van der Waals surface area contributed by atoms with Gasteiger partial charge >= 0.3 is 5.97 Å². The summed E-state index contributed by atoms with van der Waals surface area (Å²) in [6, 6.07) is 3.46. The molecule has 0 fully saturated rings. The predicted molar refractivity (Wildman–Crippen MR) is 51.4 cm³/mol. The van der Waals surface area contributed by atoms with E-state index in [0.717, 1.165) is 0 Å². The third kappa shape index (κ3) is 1.59. The normalized spacial score (nSPS) is 10.2. The molecule has 0 amide bonds. The average molecular weight is 204 g/mol. The second-order valence-electron chi connectivity index (χ2n) is 3.01. The van der Waals surface area contributed by atoms with E-state index in [2.05, 4.69) is 10.1 Å². The van der Waals surface area contributed by atoms with Crippen LogP contribution >= 0.6 is 0 Å². The number of pyridine rings is 1. The minimum absolute atomic E-state index is 0.0473. The van der Waals surface area contributed by atoms with Gasteiger partial charge in [0.25, 0.3) is 0 Å². The maximum Gasteiger partial charge on any atom is 0.341 e. The lowest BCUT2D eigenvalue weighted by Gasteiger charge is -2.00. The fourth-order valence-corrected chi connectivity index (χ4v) is 1.31. The van der Waals surface area contributed by atoms with Gasteiger partial charge < -0.3 is 9.63 Å². The van der Waals surface area contributed by atoms with Crippen molar-refractivity contribution >= 4 is 5.97 Å². The Morgan fingerprint density at radius 2 is 2.33 bits per heavy atom. The molecule has 1 N–H and O–H groups in total. The molecule has 2 aromatic heterocycles. The van der Waals surface area contributed by atoms with Crippen molar-refractivity contribution in [2.75, 3.05) is 0 Å². The summed E-state index contributed by atoms with van der Waals surface area (Å²) in [6.45, 7) is 1.78. The van der Waals surface area contributed by atoms with Crippen molar-refractivity contribution in [2.45, 2.75) is 6.92 Å². The zero-order chi connectivity index (χ0) is 10.8. The number of carboxylic acids is 1. The lowest BCUT2D eigenvalue weighted by Crippen LogP contribution is -1.97. The molecule has 2 aromatic rings. The summed E-state index contributed by atoms with van der Waals surface area (Å²) < 4.78 is 4.92. The molecule has 0 saturated carbocycles. The number of rotatable bonds is 2. The van der Waals surface area contributed by atoms with Gasteiger partial charge in [-0.1, -0.05) is 5.16 Å². The Labute approximate surface area is 85.4 Å². The minimum atomic E-state index is -1.06. The molecule has 0 aliphatic carbocycles. The van der Waals surface area contributed by atoms with Crippen molar-refractivity contribution in [3.8, 4) is 11.3 Å². The number of hydrogen-bond acceptors (Lipinski definition) is 4. The molecule has 15 heavy (non-hydrogen) atoms.